The molecule has 6 heterocycles. The summed E-state index contributed by atoms with van der Waals surface area (Å²) in [6, 6.07) is 146. The molecule has 2 spiro atoms. The highest BCUT2D eigenvalue weighted by molar-refractivity contribution is 6.95. The van der Waals surface area contributed by atoms with Crippen molar-refractivity contribution in [3.8, 4) is 100 Å². The number of benzene rings is 18. The van der Waals surface area contributed by atoms with Crippen LogP contribution in [0.5, 0.6) is 0 Å². The van der Waals surface area contributed by atoms with E-state index in [1.165, 1.54) is 251 Å². The third kappa shape index (κ3) is 11.0. The quantitative estimate of drug-likeness (QED) is 0.147. The summed E-state index contributed by atoms with van der Waals surface area (Å²) in [4.78, 5) is 11.1. The first-order chi connectivity index (χ1) is 66.9. The van der Waals surface area contributed by atoms with Gasteiger partial charge in [-0.3, -0.25) is 0 Å². The highest BCUT2D eigenvalue weighted by Crippen LogP contribution is 2.69. The molecule has 0 unspecified atom stereocenters. The van der Waals surface area contributed by atoms with Crippen LogP contribution in [-0.4, -0.2) is 13.7 Å². The van der Waals surface area contributed by atoms with Gasteiger partial charge >= 0.3 is 13.7 Å². The van der Waals surface area contributed by atoms with Crippen LogP contribution in [-0.2, 0) is 37.9 Å². The first-order valence-corrected chi connectivity index (χ1v) is 50.2. The largest absolute Gasteiger partial charge is 0.376 e. The smallest absolute Gasteiger partial charge is 0.333 e. The first-order valence-electron chi connectivity index (χ1n) is 50.2. The lowest BCUT2D eigenvalue weighted by atomic mass is 9.41. The molecule has 28 rings (SSSR count). The molecule has 0 saturated heterocycles. The van der Waals surface area contributed by atoms with Crippen molar-refractivity contribution < 1.29 is 0 Å². The summed E-state index contributed by atoms with van der Waals surface area (Å²) in [7, 11) is 0. The molecule has 0 saturated carbocycles. The highest BCUT2D eigenvalue weighted by atomic mass is 15.2. The van der Waals surface area contributed by atoms with Gasteiger partial charge in [-0.1, -0.05) is 373 Å². The molecule has 0 bridgehead atoms. The van der Waals surface area contributed by atoms with Crippen molar-refractivity contribution in [2.45, 2.75) is 154 Å². The van der Waals surface area contributed by atoms with Crippen LogP contribution >= 0.6 is 0 Å². The molecule has 4 aliphatic carbocycles. The van der Waals surface area contributed by atoms with Gasteiger partial charge in [0.25, 0.3) is 0 Å². The van der Waals surface area contributed by atoms with E-state index in [1.54, 1.807) is 0 Å². The maximum Gasteiger partial charge on any atom is 0.333 e. The van der Waals surface area contributed by atoms with E-state index in [1.807, 2.05) is 0 Å². The molecular formula is C132H108B2N4. The Hall–Kier alpha value is -14.7. The minimum atomic E-state index is -0.600. The van der Waals surface area contributed by atoms with Gasteiger partial charge in [0.05, 0.1) is 16.5 Å². The number of anilines is 10. The summed E-state index contributed by atoms with van der Waals surface area (Å²) < 4.78 is 0. The van der Waals surface area contributed by atoms with E-state index in [9.17, 15) is 0 Å². The molecule has 0 fully saturated rings. The van der Waals surface area contributed by atoms with Gasteiger partial charge in [0.1, 0.15) is 0 Å². The second-order valence-corrected chi connectivity index (χ2v) is 45.0. The monoisotopic (exact) mass is 1770 g/mol. The molecule has 138 heavy (non-hydrogen) atoms. The number of fused-ring (bicyclic) bond motifs is 28. The van der Waals surface area contributed by atoms with Crippen LogP contribution in [0.1, 0.15) is 185 Å². The van der Waals surface area contributed by atoms with Crippen LogP contribution < -0.4 is 41.3 Å². The zero-order valence-electron chi connectivity index (χ0n) is 81.0. The van der Waals surface area contributed by atoms with Gasteiger partial charge in [-0.15, -0.1) is 0 Å². The van der Waals surface area contributed by atoms with Crippen LogP contribution in [0.3, 0.4) is 0 Å². The molecule has 6 aliphatic heterocycles. The Bertz CT molecular complexity index is 8310. The predicted octanol–water partition coefficient (Wildman–Crippen LogP) is 31.4. The number of para-hydroxylation sites is 4. The SMILES string of the molecule is Cc1ccccc1-c1cc2c3c(c1)N(c1ccc(C(C)(C)C)cc1-c1ccccc1)c1ccc(-c4ccc(-c5ccc(-c6cc7c8c(c6)N(c6ccc9c(c6)C(C)(C)CCC9(C)C)c6cc9c(cc6B8N6c8ccccc8C8(c%10ccccc%10-c%10ccccc%108)c8cccc-7c86)C(C)(C)CCC9(C)C)c(C)c5)cc4)cc1B3N1c3ccccc3C3(c4ccccc4-c4ccccc43)c3cccc-2c31. The summed E-state index contributed by atoms with van der Waals surface area (Å²) in [6.45, 7) is 31.2. The van der Waals surface area contributed by atoms with Crippen LogP contribution in [0.25, 0.3) is 100 Å². The van der Waals surface area contributed by atoms with Crippen LogP contribution in [0.2, 0.25) is 0 Å². The third-order valence-corrected chi connectivity index (χ3v) is 34.8. The van der Waals surface area contributed by atoms with E-state index in [0.717, 1.165) is 37.1 Å². The molecule has 0 amide bonds. The zero-order valence-corrected chi connectivity index (χ0v) is 81.0. The molecular weight excluding hydrogens is 1660 g/mol. The Labute approximate surface area is 813 Å². The van der Waals surface area contributed by atoms with Crippen molar-refractivity contribution in [1.82, 2.24) is 0 Å². The van der Waals surface area contributed by atoms with E-state index in [0.29, 0.717) is 0 Å². The summed E-state index contributed by atoms with van der Waals surface area (Å²) in [5, 5.41) is 0. The van der Waals surface area contributed by atoms with E-state index in [2.05, 4.69) is 479 Å². The molecule has 662 valence electrons. The van der Waals surface area contributed by atoms with Crippen LogP contribution in [0.4, 0.5) is 56.9 Å². The van der Waals surface area contributed by atoms with Crippen LogP contribution in [0.15, 0.2) is 370 Å². The minimum absolute atomic E-state index is 0.0203. The maximum absolute atomic E-state index is 2.85. The van der Waals surface area contributed by atoms with Crippen LogP contribution in [0, 0.1) is 13.8 Å². The molecule has 0 N–H and O–H groups in total. The molecule has 10 aliphatic rings. The van der Waals surface area contributed by atoms with Gasteiger partial charge < -0.3 is 19.4 Å². The number of aryl methyl sites for hydroxylation is 2. The lowest BCUT2D eigenvalue weighted by Gasteiger charge is -2.53. The third-order valence-electron chi connectivity index (χ3n) is 34.8. The fourth-order valence-electron chi connectivity index (χ4n) is 27.8. The molecule has 4 nitrogen and oxygen atoms in total. The predicted molar refractivity (Wildman–Crippen MR) is 582 cm³/mol. The number of hydrogen-bond acceptors (Lipinski definition) is 4. The van der Waals surface area contributed by atoms with E-state index >= 15 is 0 Å². The Morgan fingerprint density at radius 3 is 1.14 bits per heavy atom. The summed E-state index contributed by atoms with van der Waals surface area (Å²) in [6.07, 6.45) is 4.53. The molecule has 18 aromatic carbocycles. The maximum atomic E-state index is 2.85. The standard InChI is InChI=1S/C132H108B2N4/c1-79-33-17-18-36-90(79)86-70-100-97-42-32-49-108-124(97)137(116-51-29-27-47-106(116)131(108)101-43-23-19-37-92(101)93-38-20-24-44-102(93)131)133-113-72-85(58-63-118(113)136(121(74-86)123(100)133)115-64-59-88(126(3,4)5)75-98(115)83-34-15-14-16-35-83)82-55-53-81(54-56-82)84-57-61-91(80(2)69-84)87-71-99-96-41-31-50-109-125(96)138(117-52-30-28-48-107(117)132(109)103-45-25-21-39-94(103)95-40-22-26-46-104(95)132)134-114-77-111-112(130(12,13)68-67-129(111,10)11)78-119(114)135(120(73-87)122(99)134)89-60-62-105-110(76-89)128(8,9)66-65-127(105,6)7/h14-64,69-78H,65-68H2,1-13H3. The highest BCUT2D eigenvalue weighted by Gasteiger charge is 2.60. The topological polar surface area (TPSA) is 13.0 Å². The van der Waals surface area contributed by atoms with Crippen molar-refractivity contribution >= 4 is 92.4 Å². The van der Waals surface area contributed by atoms with Crippen molar-refractivity contribution in [2.75, 3.05) is 19.4 Å². The number of rotatable bonds is 7. The summed E-state index contributed by atoms with van der Waals surface area (Å²) in [5.41, 5.74) is 58.8. The zero-order chi connectivity index (χ0) is 93.1. The first kappa shape index (κ1) is 81.6. The Balaban J connectivity index is 0.631. The number of nitrogens with zero attached hydrogens (tertiary/aromatic N) is 4. The average Bonchev–Trinajstić information content (AvgIpc) is 1.33. The second-order valence-electron chi connectivity index (χ2n) is 45.0. The molecule has 6 heteroatoms. The van der Waals surface area contributed by atoms with E-state index < -0.39 is 10.8 Å². The minimum Gasteiger partial charge on any atom is -0.376 e. The molecule has 18 aromatic rings. The van der Waals surface area contributed by atoms with Gasteiger partial charge in [-0.05, 0) is 328 Å². The van der Waals surface area contributed by atoms with E-state index in [4.69, 9.17) is 0 Å². The lowest BCUT2D eigenvalue weighted by Crippen LogP contribution is -2.63. The lowest BCUT2D eigenvalue weighted by molar-refractivity contribution is 0.332. The second kappa shape index (κ2) is 28.5. The van der Waals surface area contributed by atoms with Crippen molar-refractivity contribution in [2.24, 2.45) is 0 Å². The van der Waals surface area contributed by atoms with Gasteiger partial charge in [0.15, 0.2) is 0 Å². The normalized spacial score (nSPS) is 16.7. The van der Waals surface area contributed by atoms with Gasteiger partial charge in [-0.25, -0.2) is 0 Å². The fraction of sp³-hybridized carbons (Fsp3) is 0.182. The number of hydrogen-bond donors (Lipinski definition) is 0. The Morgan fingerprint density at radius 1 is 0.225 bits per heavy atom. The van der Waals surface area contributed by atoms with Gasteiger partial charge in [0, 0.05) is 67.9 Å². The Morgan fingerprint density at radius 2 is 0.630 bits per heavy atom. The van der Waals surface area contributed by atoms with Crippen molar-refractivity contribution in [3.05, 3.63) is 454 Å². The average molecular weight is 1770 g/mol. The van der Waals surface area contributed by atoms with Crippen molar-refractivity contribution in [1.29, 1.82) is 0 Å². The fourth-order valence-corrected chi connectivity index (χ4v) is 27.8. The van der Waals surface area contributed by atoms with E-state index in [-0.39, 0.29) is 40.8 Å². The van der Waals surface area contributed by atoms with Gasteiger partial charge in [0.2, 0.25) is 0 Å². The van der Waals surface area contributed by atoms with Crippen molar-refractivity contribution in [3.63, 3.8) is 0 Å². The summed E-state index contributed by atoms with van der Waals surface area (Å²) >= 11 is 0. The summed E-state index contributed by atoms with van der Waals surface area (Å²) in [5.74, 6) is 0. The molecule has 0 aromatic heterocycles. The Kier molecular flexibility index (Phi) is 16.9. The molecule has 0 atom stereocenters. The van der Waals surface area contributed by atoms with Gasteiger partial charge in [-0.2, -0.15) is 0 Å². The molecule has 0 radical (unpaired) electrons.